The van der Waals surface area contributed by atoms with Gasteiger partial charge in [-0.3, -0.25) is 0 Å². The highest BCUT2D eigenvalue weighted by Gasteiger charge is 2.18. The Kier molecular flexibility index (Phi) is 3.93. The van der Waals surface area contributed by atoms with Crippen molar-refractivity contribution in [1.29, 1.82) is 5.41 Å². The molecule has 2 heterocycles. The molecule has 0 unspecified atom stereocenters. The molecule has 0 saturated carbocycles. The fraction of sp³-hybridized carbons (Fsp3) is 0.111. The maximum absolute atomic E-state index is 14.3. The minimum Gasteiger partial charge on any atom is -0.463 e. The van der Waals surface area contributed by atoms with Crippen molar-refractivity contribution in [1.82, 2.24) is 4.98 Å². The molecule has 0 atom stereocenters. The summed E-state index contributed by atoms with van der Waals surface area (Å²) in [5.74, 6) is 0.853. The number of hydrogen-bond acceptors (Lipinski definition) is 4. The van der Waals surface area contributed by atoms with Gasteiger partial charge in [0.2, 0.25) is 0 Å². The van der Waals surface area contributed by atoms with Crippen molar-refractivity contribution in [2.75, 3.05) is 19.0 Å². The molecule has 3 rings (SSSR count). The van der Waals surface area contributed by atoms with Crippen molar-refractivity contribution in [3.05, 3.63) is 60.1 Å². The predicted molar refractivity (Wildman–Crippen MR) is 89.5 cm³/mol. The first-order valence-corrected chi connectivity index (χ1v) is 7.13. The molecule has 3 aromatic rings. The zero-order valence-electron chi connectivity index (χ0n) is 12.9. The van der Waals surface area contributed by atoms with Gasteiger partial charge < -0.3 is 14.7 Å². The Labute approximate surface area is 133 Å². The fourth-order valence-corrected chi connectivity index (χ4v) is 2.48. The smallest absolute Gasteiger partial charge is 0.152 e. The topological polar surface area (TPSA) is 53.1 Å². The summed E-state index contributed by atoms with van der Waals surface area (Å²) in [6.45, 7) is 0. The fourth-order valence-electron chi connectivity index (χ4n) is 2.48. The van der Waals surface area contributed by atoms with Gasteiger partial charge >= 0.3 is 0 Å². The standard InChI is InChI=1S/C18H16FN3O/c1-22(2)18-14(11-20)13(12-6-3-4-7-15(12)19)10-16(21-18)17-8-5-9-23-17/h3-11,20H,1-2H3. The van der Waals surface area contributed by atoms with E-state index in [1.165, 1.54) is 12.3 Å². The number of halogens is 1. The van der Waals surface area contributed by atoms with Crippen LogP contribution in [0.2, 0.25) is 0 Å². The van der Waals surface area contributed by atoms with E-state index >= 15 is 0 Å². The van der Waals surface area contributed by atoms with Crippen molar-refractivity contribution >= 4 is 12.0 Å². The quantitative estimate of drug-likeness (QED) is 0.734. The summed E-state index contributed by atoms with van der Waals surface area (Å²) in [5.41, 5.74) is 2.21. The maximum atomic E-state index is 14.3. The molecule has 1 N–H and O–H groups in total. The molecule has 0 spiro atoms. The van der Waals surface area contributed by atoms with Gasteiger partial charge in [0.25, 0.3) is 0 Å². The van der Waals surface area contributed by atoms with Crippen LogP contribution in [0.15, 0.2) is 53.1 Å². The number of benzene rings is 1. The van der Waals surface area contributed by atoms with Crippen LogP contribution in [0.4, 0.5) is 10.2 Å². The van der Waals surface area contributed by atoms with Gasteiger partial charge in [0.1, 0.15) is 17.3 Å². The van der Waals surface area contributed by atoms with E-state index in [0.29, 0.717) is 34.0 Å². The van der Waals surface area contributed by atoms with Crippen molar-refractivity contribution in [3.8, 4) is 22.6 Å². The van der Waals surface area contributed by atoms with E-state index in [0.717, 1.165) is 0 Å². The molecule has 2 aromatic heterocycles. The maximum Gasteiger partial charge on any atom is 0.152 e. The number of furan rings is 1. The second kappa shape index (κ2) is 6.04. The van der Waals surface area contributed by atoms with Gasteiger partial charge in [0.15, 0.2) is 5.76 Å². The molecule has 0 aliphatic heterocycles. The molecule has 0 amide bonds. The summed E-state index contributed by atoms with van der Waals surface area (Å²) >= 11 is 0. The Bertz CT molecular complexity index is 841. The molecule has 4 nitrogen and oxygen atoms in total. The van der Waals surface area contributed by atoms with Crippen LogP contribution in [-0.4, -0.2) is 25.3 Å². The van der Waals surface area contributed by atoms with Gasteiger partial charge in [-0.1, -0.05) is 18.2 Å². The van der Waals surface area contributed by atoms with Crippen LogP contribution in [0.1, 0.15) is 5.56 Å². The molecule has 5 heteroatoms. The molecule has 0 saturated heterocycles. The lowest BCUT2D eigenvalue weighted by molar-refractivity contribution is 0.580. The lowest BCUT2D eigenvalue weighted by atomic mass is 9.99. The first-order valence-electron chi connectivity index (χ1n) is 7.13. The number of rotatable bonds is 4. The van der Waals surface area contributed by atoms with E-state index in [4.69, 9.17) is 9.83 Å². The minimum atomic E-state index is -0.336. The van der Waals surface area contributed by atoms with Gasteiger partial charge in [-0.05, 0) is 29.8 Å². The Morgan fingerprint density at radius 3 is 2.52 bits per heavy atom. The zero-order chi connectivity index (χ0) is 16.4. The predicted octanol–water partition coefficient (Wildman–Crippen LogP) is 4.21. The number of anilines is 1. The molecular formula is C18H16FN3O. The Morgan fingerprint density at radius 1 is 1.13 bits per heavy atom. The van der Waals surface area contributed by atoms with Gasteiger partial charge in [0, 0.05) is 31.4 Å². The summed E-state index contributed by atoms with van der Waals surface area (Å²) in [7, 11) is 3.68. The number of nitrogens with one attached hydrogen (secondary N) is 1. The van der Waals surface area contributed by atoms with E-state index in [2.05, 4.69) is 4.98 Å². The van der Waals surface area contributed by atoms with Crippen LogP contribution < -0.4 is 4.90 Å². The van der Waals surface area contributed by atoms with E-state index in [1.54, 1.807) is 47.6 Å². The lowest BCUT2D eigenvalue weighted by Crippen LogP contribution is -2.14. The molecule has 0 aliphatic rings. The van der Waals surface area contributed by atoms with Crippen LogP contribution in [0.25, 0.3) is 22.6 Å². The van der Waals surface area contributed by atoms with Gasteiger partial charge in [-0.2, -0.15) is 0 Å². The van der Waals surface area contributed by atoms with Crippen LogP contribution in [0.5, 0.6) is 0 Å². The number of hydrogen-bond donors (Lipinski definition) is 1. The summed E-state index contributed by atoms with van der Waals surface area (Å²) in [6, 6.07) is 11.9. The molecule has 116 valence electrons. The Hall–Kier alpha value is -2.95. The Balaban J connectivity index is 2.33. The summed E-state index contributed by atoms with van der Waals surface area (Å²) in [4.78, 5) is 6.36. The first kappa shape index (κ1) is 15.0. The van der Waals surface area contributed by atoms with Crippen LogP contribution in [0, 0.1) is 11.2 Å². The minimum absolute atomic E-state index is 0.336. The van der Waals surface area contributed by atoms with Crippen LogP contribution in [-0.2, 0) is 0 Å². The molecule has 1 aromatic carbocycles. The second-order valence-electron chi connectivity index (χ2n) is 5.29. The molecule has 0 aliphatic carbocycles. The third-order valence-electron chi connectivity index (χ3n) is 3.54. The Morgan fingerprint density at radius 2 is 1.91 bits per heavy atom. The molecule has 0 radical (unpaired) electrons. The average Bonchev–Trinajstić information content (AvgIpc) is 3.08. The van der Waals surface area contributed by atoms with Crippen molar-refractivity contribution in [2.45, 2.75) is 0 Å². The summed E-state index contributed by atoms with van der Waals surface area (Å²) in [6.07, 6.45) is 2.77. The van der Waals surface area contributed by atoms with Crippen LogP contribution in [0.3, 0.4) is 0 Å². The summed E-state index contributed by atoms with van der Waals surface area (Å²) in [5, 5.41) is 7.75. The normalized spacial score (nSPS) is 10.6. The first-order chi connectivity index (χ1) is 11.1. The molecule has 0 fully saturated rings. The van der Waals surface area contributed by atoms with E-state index in [9.17, 15) is 4.39 Å². The molecule has 23 heavy (non-hydrogen) atoms. The third kappa shape index (κ3) is 2.73. The largest absolute Gasteiger partial charge is 0.463 e. The average molecular weight is 309 g/mol. The highest BCUT2D eigenvalue weighted by atomic mass is 19.1. The monoisotopic (exact) mass is 309 g/mol. The second-order valence-corrected chi connectivity index (χ2v) is 5.29. The van der Waals surface area contributed by atoms with E-state index < -0.39 is 0 Å². The van der Waals surface area contributed by atoms with Crippen molar-refractivity contribution in [2.24, 2.45) is 0 Å². The highest BCUT2D eigenvalue weighted by Crippen LogP contribution is 2.34. The lowest BCUT2D eigenvalue weighted by Gasteiger charge is -2.18. The van der Waals surface area contributed by atoms with Gasteiger partial charge in [-0.25, -0.2) is 9.37 Å². The SMILES string of the molecule is CN(C)c1nc(-c2ccco2)cc(-c2ccccc2F)c1C=N. The molecule has 0 bridgehead atoms. The van der Waals surface area contributed by atoms with Gasteiger partial charge in [-0.15, -0.1) is 0 Å². The zero-order valence-corrected chi connectivity index (χ0v) is 12.9. The number of pyridine rings is 1. The summed E-state index contributed by atoms with van der Waals surface area (Å²) < 4.78 is 19.7. The van der Waals surface area contributed by atoms with Gasteiger partial charge in [0.05, 0.1) is 6.26 Å². The number of aromatic nitrogens is 1. The molecular weight excluding hydrogens is 293 g/mol. The number of nitrogens with zero attached hydrogens (tertiary/aromatic N) is 2. The van der Waals surface area contributed by atoms with E-state index in [-0.39, 0.29) is 5.82 Å². The highest BCUT2D eigenvalue weighted by molar-refractivity contribution is 5.96. The van der Waals surface area contributed by atoms with Crippen molar-refractivity contribution in [3.63, 3.8) is 0 Å². The van der Waals surface area contributed by atoms with E-state index in [1.807, 2.05) is 14.1 Å². The van der Waals surface area contributed by atoms with Crippen molar-refractivity contribution < 1.29 is 8.81 Å². The third-order valence-corrected chi connectivity index (χ3v) is 3.54. The van der Waals surface area contributed by atoms with Crippen LogP contribution >= 0.6 is 0 Å².